The third kappa shape index (κ3) is 3.08. The van der Waals surface area contributed by atoms with Crippen LogP contribution in [0.4, 0.5) is 0 Å². The lowest BCUT2D eigenvalue weighted by molar-refractivity contribution is -0.134. The van der Waals surface area contributed by atoms with Gasteiger partial charge in [0, 0.05) is 29.4 Å². The fourth-order valence-corrected chi connectivity index (χ4v) is 4.10. The minimum Gasteiger partial charge on any atom is -0.478 e. The second-order valence-corrected chi connectivity index (χ2v) is 7.03. The number of carboxylic acid groups (broad SMARTS) is 2. The van der Waals surface area contributed by atoms with Crippen LogP contribution in [0.25, 0.3) is 0 Å². The van der Waals surface area contributed by atoms with Gasteiger partial charge in [0.25, 0.3) is 0 Å². The number of aliphatic carboxylic acids is 2. The predicted molar refractivity (Wildman–Crippen MR) is 104 cm³/mol. The summed E-state index contributed by atoms with van der Waals surface area (Å²) in [5.74, 6) is -4.79. The van der Waals surface area contributed by atoms with Crippen LogP contribution in [-0.4, -0.2) is 33.7 Å². The minimum absolute atomic E-state index is 0.0551. The van der Waals surface area contributed by atoms with E-state index in [1.165, 1.54) is 12.2 Å². The Labute approximate surface area is 165 Å². The highest BCUT2D eigenvalue weighted by molar-refractivity contribution is 6.16. The Kier molecular flexibility index (Phi) is 4.47. The van der Waals surface area contributed by atoms with Crippen LogP contribution in [0, 0.1) is 11.8 Å². The zero-order chi connectivity index (χ0) is 20.7. The van der Waals surface area contributed by atoms with Gasteiger partial charge in [-0.3, -0.25) is 9.59 Å². The molecule has 0 spiro atoms. The molecular formula is C23H16O6. The van der Waals surface area contributed by atoms with Gasteiger partial charge in [-0.2, -0.15) is 0 Å². The van der Waals surface area contributed by atoms with Gasteiger partial charge >= 0.3 is 11.9 Å². The molecule has 29 heavy (non-hydrogen) atoms. The number of ketones is 2. The number of carbonyl (C=O) groups is 4. The van der Waals surface area contributed by atoms with Gasteiger partial charge in [-0.25, -0.2) is 9.59 Å². The zero-order valence-electron chi connectivity index (χ0n) is 15.2. The lowest BCUT2D eigenvalue weighted by Gasteiger charge is -2.28. The molecule has 0 heterocycles. The minimum atomic E-state index is -1.26. The van der Waals surface area contributed by atoms with Crippen LogP contribution in [0.3, 0.4) is 0 Å². The molecule has 0 aromatic heterocycles. The normalized spacial score (nSPS) is 25.0. The maximum absolute atomic E-state index is 12.7. The molecule has 2 N–H and O–H groups in total. The number of fused-ring (bicyclic) bond motifs is 2. The van der Waals surface area contributed by atoms with E-state index in [-0.39, 0.29) is 28.7 Å². The first-order chi connectivity index (χ1) is 13.9. The monoisotopic (exact) mass is 388 g/mol. The topological polar surface area (TPSA) is 109 Å². The quantitative estimate of drug-likeness (QED) is 0.766. The summed E-state index contributed by atoms with van der Waals surface area (Å²) in [6.07, 6.45) is 15.9. The fourth-order valence-electron chi connectivity index (χ4n) is 4.10. The lowest BCUT2D eigenvalue weighted by Crippen LogP contribution is -2.27. The number of rotatable bonds is 4. The average Bonchev–Trinajstić information content (AvgIpc) is 2.68. The van der Waals surface area contributed by atoms with E-state index in [1.807, 2.05) is 0 Å². The molecule has 0 aliphatic heterocycles. The Bertz CT molecular complexity index is 1030. The van der Waals surface area contributed by atoms with Gasteiger partial charge in [0.15, 0.2) is 11.6 Å². The van der Waals surface area contributed by atoms with E-state index in [9.17, 15) is 29.4 Å². The number of carboxylic acids is 2. The molecule has 0 amide bonds. The molecule has 4 aliphatic rings. The molecule has 144 valence electrons. The van der Waals surface area contributed by atoms with Crippen molar-refractivity contribution >= 4 is 23.5 Å². The molecule has 0 aromatic rings. The van der Waals surface area contributed by atoms with Gasteiger partial charge in [0.05, 0.1) is 11.1 Å². The van der Waals surface area contributed by atoms with Gasteiger partial charge in [0.2, 0.25) is 0 Å². The molecule has 2 unspecified atom stereocenters. The summed E-state index contributed by atoms with van der Waals surface area (Å²) in [7, 11) is 0. The van der Waals surface area contributed by atoms with Gasteiger partial charge in [0.1, 0.15) is 0 Å². The number of allylic oxidation sites excluding steroid dienone is 14. The van der Waals surface area contributed by atoms with Crippen molar-refractivity contribution in [1.82, 2.24) is 0 Å². The molecule has 0 saturated heterocycles. The van der Waals surface area contributed by atoms with Gasteiger partial charge in [-0.15, -0.1) is 0 Å². The number of hydrogen-bond donors (Lipinski definition) is 2. The van der Waals surface area contributed by atoms with Crippen molar-refractivity contribution in [3.63, 3.8) is 0 Å². The molecular weight excluding hydrogens is 372 g/mol. The van der Waals surface area contributed by atoms with Crippen molar-refractivity contribution in [2.45, 2.75) is 6.42 Å². The SMILES string of the molecule is O=C(O)C1=C(CC2=C(C(=O)O)C3C=CC=CC3=CC2=O)C(=O)C=C2C=CC=CC21. The Morgan fingerprint density at radius 2 is 1.14 bits per heavy atom. The summed E-state index contributed by atoms with van der Waals surface area (Å²) >= 11 is 0. The van der Waals surface area contributed by atoms with E-state index in [0.29, 0.717) is 11.1 Å². The molecule has 4 rings (SSSR count). The van der Waals surface area contributed by atoms with Crippen molar-refractivity contribution in [2.75, 3.05) is 0 Å². The van der Waals surface area contributed by atoms with Crippen molar-refractivity contribution < 1.29 is 29.4 Å². The Hall–Kier alpha value is -3.80. The molecule has 6 nitrogen and oxygen atoms in total. The second-order valence-electron chi connectivity index (χ2n) is 7.03. The Morgan fingerprint density at radius 3 is 1.52 bits per heavy atom. The second kappa shape index (κ2) is 6.98. The van der Waals surface area contributed by atoms with Crippen LogP contribution in [-0.2, 0) is 19.2 Å². The summed E-state index contributed by atoms with van der Waals surface area (Å²) in [6.45, 7) is 0. The van der Waals surface area contributed by atoms with Crippen LogP contribution >= 0.6 is 0 Å². The highest BCUT2D eigenvalue weighted by atomic mass is 16.4. The van der Waals surface area contributed by atoms with Crippen LogP contribution in [0.1, 0.15) is 6.42 Å². The smallest absolute Gasteiger partial charge is 0.332 e. The first-order valence-electron chi connectivity index (χ1n) is 9.02. The first-order valence-corrected chi connectivity index (χ1v) is 9.02. The van der Waals surface area contributed by atoms with E-state index in [0.717, 1.165) is 0 Å². The molecule has 0 bridgehead atoms. The number of hydrogen-bond acceptors (Lipinski definition) is 4. The maximum Gasteiger partial charge on any atom is 0.332 e. The van der Waals surface area contributed by atoms with E-state index >= 15 is 0 Å². The summed E-state index contributed by atoms with van der Waals surface area (Å²) in [4.78, 5) is 49.4. The van der Waals surface area contributed by atoms with Crippen molar-refractivity contribution in [1.29, 1.82) is 0 Å². The highest BCUT2D eigenvalue weighted by Gasteiger charge is 2.37. The molecule has 0 saturated carbocycles. The van der Waals surface area contributed by atoms with E-state index in [1.54, 1.807) is 48.6 Å². The first kappa shape index (κ1) is 18.6. The maximum atomic E-state index is 12.7. The van der Waals surface area contributed by atoms with Crippen LogP contribution < -0.4 is 0 Å². The van der Waals surface area contributed by atoms with Gasteiger partial charge in [-0.1, -0.05) is 48.6 Å². The molecule has 4 aliphatic carbocycles. The third-order valence-electron chi connectivity index (χ3n) is 5.40. The average molecular weight is 388 g/mol. The van der Waals surface area contributed by atoms with Crippen LogP contribution in [0.15, 0.2) is 94.2 Å². The summed E-state index contributed by atoms with van der Waals surface area (Å²) in [6, 6.07) is 0. The summed E-state index contributed by atoms with van der Waals surface area (Å²) in [5.41, 5.74) is 0.770. The molecule has 0 fully saturated rings. The largest absolute Gasteiger partial charge is 0.478 e. The van der Waals surface area contributed by atoms with Crippen molar-refractivity contribution in [3.05, 3.63) is 94.2 Å². The molecule has 2 atom stereocenters. The predicted octanol–water partition coefficient (Wildman–Crippen LogP) is 2.64. The standard InChI is InChI=1S/C23H16O6/c24-18-9-12-5-1-3-7-14(12)20(22(26)27)16(18)11-17-19(25)10-13-6-2-4-8-15(13)21(17)23(28)29/h1-10,14-15H,11H2,(H,26,27)(H,28,29). The van der Waals surface area contributed by atoms with Crippen molar-refractivity contribution in [3.8, 4) is 0 Å². The number of carbonyl (C=O) groups excluding carboxylic acids is 2. The van der Waals surface area contributed by atoms with Gasteiger partial charge in [-0.05, 0) is 23.3 Å². The summed E-state index contributed by atoms with van der Waals surface area (Å²) in [5, 5.41) is 19.6. The van der Waals surface area contributed by atoms with E-state index in [4.69, 9.17) is 0 Å². The lowest BCUT2D eigenvalue weighted by atomic mass is 9.74. The summed E-state index contributed by atoms with van der Waals surface area (Å²) < 4.78 is 0. The van der Waals surface area contributed by atoms with Gasteiger partial charge < -0.3 is 10.2 Å². The molecule has 0 aromatic carbocycles. The zero-order valence-corrected chi connectivity index (χ0v) is 15.2. The fraction of sp³-hybridized carbons (Fsp3) is 0.130. The molecule has 6 heteroatoms. The van der Waals surface area contributed by atoms with Crippen LogP contribution in [0.5, 0.6) is 0 Å². The third-order valence-corrected chi connectivity index (χ3v) is 5.40. The van der Waals surface area contributed by atoms with E-state index < -0.39 is 35.3 Å². The Balaban J connectivity index is 1.84. The van der Waals surface area contributed by atoms with E-state index in [2.05, 4.69) is 0 Å². The van der Waals surface area contributed by atoms with Crippen LogP contribution in [0.2, 0.25) is 0 Å². The highest BCUT2D eigenvalue weighted by Crippen LogP contribution is 2.39. The Morgan fingerprint density at radius 1 is 0.724 bits per heavy atom. The molecule has 0 radical (unpaired) electrons. The van der Waals surface area contributed by atoms with Crippen molar-refractivity contribution in [2.24, 2.45) is 11.8 Å².